The summed E-state index contributed by atoms with van der Waals surface area (Å²) in [4.78, 5) is 12.1. The predicted octanol–water partition coefficient (Wildman–Crippen LogP) is 4.66. The number of hydrogen-bond acceptors (Lipinski definition) is 3. The molecule has 118 valence electrons. The first-order chi connectivity index (χ1) is 11.6. The van der Waals surface area contributed by atoms with E-state index < -0.39 is 0 Å². The molecule has 0 aliphatic heterocycles. The zero-order chi connectivity index (χ0) is 16.9. The minimum absolute atomic E-state index is 0.0586. The summed E-state index contributed by atoms with van der Waals surface area (Å²) in [6, 6.07) is 21.7. The minimum atomic E-state index is -0.365. The summed E-state index contributed by atoms with van der Waals surface area (Å²) in [7, 11) is 0. The van der Waals surface area contributed by atoms with Gasteiger partial charge < -0.3 is 10.2 Å². The molecule has 0 aliphatic carbocycles. The van der Waals surface area contributed by atoms with Crippen LogP contribution in [0.3, 0.4) is 0 Å². The second-order valence-electron chi connectivity index (χ2n) is 5.39. The molecule has 0 amide bonds. The molecule has 0 saturated carbocycles. The summed E-state index contributed by atoms with van der Waals surface area (Å²) in [5.74, 6) is -0.575. The second-order valence-corrected chi connectivity index (χ2v) is 5.39. The molecule has 0 aliphatic rings. The third kappa shape index (κ3) is 3.52. The Kier molecular flexibility index (Phi) is 4.43. The van der Waals surface area contributed by atoms with Crippen molar-refractivity contribution in [1.82, 2.24) is 0 Å². The Hall–Kier alpha value is -3.33. The first-order valence-corrected chi connectivity index (χ1v) is 7.53. The van der Waals surface area contributed by atoms with Gasteiger partial charge in [-0.05, 0) is 41.0 Å². The zero-order valence-corrected chi connectivity index (χ0v) is 12.9. The molecule has 0 spiro atoms. The smallest absolute Gasteiger partial charge is 0.189 e. The fourth-order valence-electron chi connectivity index (χ4n) is 2.40. The molecule has 0 bridgehead atoms. The molecule has 0 fully saturated rings. The van der Waals surface area contributed by atoms with Crippen molar-refractivity contribution in [1.29, 1.82) is 0 Å². The monoisotopic (exact) mass is 316 g/mol. The maximum atomic E-state index is 12.1. The summed E-state index contributed by atoms with van der Waals surface area (Å²) in [5.41, 5.74) is 3.19. The summed E-state index contributed by atoms with van der Waals surface area (Å²) in [6.07, 6.45) is 3.06. The number of allylic oxidation sites excluding steroid dienone is 1. The van der Waals surface area contributed by atoms with E-state index >= 15 is 0 Å². The fraction of sp³-hybridized carbons (Fsp3) is 0. The topological polar surface area (TPSA) is 57.5 Å². The quantitative estimate of drug-likeness (QED) is 0.418. The van der Waals surface area contributed by atoms with Crippen molar-refractivity contribution < 1.29 is 15.0 Å². The number of hydrogen-bond donors (Lipinski definition) is 2. The fourth-order valence-corrected chi connectivity index (χ4v) is 2.40. The van der Waals surface area contributed by atoms with Crippen molar-refractivity contribution in [3.05, 3.63) is 90.0 Å². The van der Waals surface area contributed by atoms with Gasteiger partial charge in [0.25, 0.3) is 0 Å². The van der Waals surface area contributed by atoms with Crippen LogP contribution in [-0.4, -0.2) is 16.0 Å². The van der Waals surface area contributed by atoms with Gasteiger partial charge in [-0.2, -0.15) is 0 Å². The number of benzene rings is 3. The molecule has 3 rings (SSSR count). The van der Waals surface area contributed by atoms with Crippen molar-refractivity contribution in [2.75, 3.05) is 0 Å². The summed E-state index contributed by atoms with van der Waals surface area (Å²) < 4.78 is 0. The predicted molar refractivity (Wildman–Crippen MR) is 95.0 cm³/mol. The van der Waals surface area contributed by atoms with Crippen LogP contribution in [-0.2, 0) is 0 Å². The largest absolute Gasteiger partial charge is 0.508 e. The normalized spacial score (nSPS) is 10.8. The van der Waals surface area contributed by atoms with Gasteiger partial charge in [0.15, 0.2) is 5.78 Å². The molecule has 0 saturated heterocycles. The number of carbonyl (C=O) groups is 1. The van der Waals surface area contributed by atoms with Crippen LogP contribution >= 0.6 is 0 Å². The van der Waals surface area contributed by atoms with Crippen LogP contribution in [0, 0.1) is 0 Å². The molecule has 0 aromatic heterocycles. The number of rotatable bonds is 4. The lowest BCUT2D eigenvalue weighted by Gasteiger charge is -2.02. The maximum absolute atomic E-state index is 12.1. The van der Waals surface area contributed by atoms with Crippen LogP contribution in [0.1, 0.15) is 15.9 Å². The van der Waals surface area contributed by atoms with E-state index in [4.69, 9.17) is 0 Å². The van der Waals surface area contributed by atoms with Crippen LogP contribution in [0.2, 0.25) is 0 Å². The molecule has 0 atom stereocenters. The number of phenols is 2. The van der Waals surface area contributed by atoms with Gasteiger partial charge in [0.2, 0.25) is 0 Å². The second kappa shape index (κ2) is 6.84. The Balaban J connectivity index is 1.77. The molecular weight excluding hydrogens is 300 g/mol. The summed E-state index contributed by atoms with van der Waals surface area (Å²) in [5, 5.41) is 19.1. The van der Waals surface area contributed by atoms with Crippen LogP contribution < -0.4 is 0 Å². The first kappa shape index (κ1) is 15.6. The molecule has 0 radical (unpaired) electrons. The molecular formula is C21H16O3. The van der Waals surface area contributed by atoms with Gasteiger partial charge in [-0.15, -0.1) is 0 Å². The van der Waals surface area contributed by atoms with E-state index in [1.54, 1.807) is 6.08 Å². The van der Waals surface area contributed by atoms with Gasteiger partial charge in [-0.25, -0.2) is 0 Å². The standard InChI is InChI=1S/C21H16O3/c22-18-11-13-21(24)19(14-18)20(23)12-8-15-6-9-17(10-7-15)16-4-2-1-3-5-16/h1-14,22,24H/b12-8+. The van der Waals surface area contributed by atoms with Gasteiger partial charge in [-0.1, -0.05) is 60.7 Å². The maximum Gasteiger partial charge on any atom is 0.189 e. The van der Waals surface area contributed by atoms with E-state index in [1.807, 2.05) is 54.6 Å². The molecule has 3 heteroatoms. The van der Waals surface area contributed by atoms with Crippen LogP contribution in [0.25, 0.3) is 17.2 Å². The highest BCUT2D eigenvalue weighted by Gasteiger charge is 2.09. The number of carbonyl (C=O) groups excluding carboxylic acids is 1. The van der Waals surface area contributed by atoms with E-state index in [0.29, 0.717) is 0 Å². The molecule has 2 N–H and O–H groups in total. The van der Waals surface area contributed by atoms with Crippen molar-refractivity contribution in [3.63, 3.8) is 0 Å². The van der Waals surface area contributed by atoms with E-state index in [9.17, 15) is 15.0 Å². The third-order valence-electron chi connectivity index (χ3n) is 3.69. The highest BCUT2D eigenvalue weighted by atomic mass is 16.3. The van der Waals surface area contributed by atoms with E-state index in [-0.39, 0.29) is 22.8 Å². The van der Waals surface area contributed by atoms with E-state index in [2.05, 4.69) is 0 Å². The van der Waals surface area contributed by atoms with Crippen molar-refractivity contribution in [2.24, 2.45) is 0 Å². The molecule has 24 heavy (non-hydrogen) atoms. The minimum Gasteiger partial charge on any atom is -0.508 e. The van der Waals surface area contributed by atoms with Gasteiger partial charge >= 0.3 is 0 Å². The first-order valence-electron chi connectivity index (χ1n) is 7.53. The van der Waals surface area contributed by atoms with Crippen LogP contribution in [0.5, 0.6) is 11.5 Å². The summed E-state index contributed by atoms with van der Waals surface area (Å²) >= 11 is 0. The lowest BCUT2D eigenvalue weighted by Crippen LogP contribution is -1.94. The lowest BCUT2D eigenvalue weighted by atomic mass is 10.0. The Labute approximate surface area is 140 Å². The highest BCUT2D eigenvalue weighted by Crippen LogP contribution is 2.23. The Morgan fingerprint density at radius 3 is 2.17 bits per heavy atom. The molecule has 0 heterocycles. The van der Waals surface area contributed by atoms with Crippen molar-refractivity contribution in [2.45, 2.75) is 0 Å². The summed E-state index contributed by atoms with van der Waals surface area (Å²) in [6.45, 7) is 0. The molecule has 0 unspecified atom stereocenters. The Morgan fingerprint density at radius 1 is 0.792 bits per heavy atom. The SMILES string of the molecule is O=C(/C=C/c1ccc(-c2ccccc2)cc1)c1cc(O)ccc1O. The number of ketones is 1. The van der Waals surface area contributed by atoms with E-state index in [1.165, 1.54) is 24.3 Å². The van der Waals surface area contributed by atoms with Crippen LogP contribution in [0.4, 0.5) is 0 Å². The van der Waals surface area contributed by atoms with Gasteiger partial charge in [0.05, 0.1) is 5.56 Å². The van der Waals surface area contributed by atoms with Gasteiger partial charge in [0, 0.05) is 0 Å². The Morgan fingerprint density at radius 2 is 1.46 bits per heavy atom. The zero-order valence-electron chi connectivity index (χ0n) is 12.9. The van der Waals surface area contributed by atoms with Gasteiger partial charge in [-0.3, -0.25) is 4.79 Å². The van der Waals surface area contributed by atoms with Crippen molar-refractivity contribution in [3.8, 4) is 22.6 Å². The molecule has 3 aromatic carbocycles. The molecule has 3 aromatic rings. The highest BCUT2D eigenvalue weighted by molar-refractivity contribution is 6.08. The van der Waals surface area contributed by atoms with E-state index in [0.717, 1.165) is 16.7 Å². The molecule has 3 nitrogen and oxygen atoms in total. The average Bonchev–Trinajstić information content (AvgIpc) is 2.63. The van der Waals surface area contributed by atoms with Crippen LogP contribution in [0.15, 0.2) is 78.9 Å². The third-order valence-corrected chi connectivity index (χ3v) is 3.69. The lowest BCUT2D eigenvalue weighted by molar-refractivity contribution is 0.104. The number of phenolic OH excluding ortho intramolecular Hbond substituents is 2. The Bertz CT molecular complexity index is 879. The van der Waals surface area contributed by atoms with Crippen molar-refractivity contribution >= 4 is 11.9 Å². The van der Waals surface area contributed by atoms with Gasteiger partial charge in [0.1, 0.15) is 11.5 Å². The average molecular weight is 316 g/mol. The number of aromatic hydroxyl groups is 2.